The Bertz CT molecular complexity index is 353. The number of imide groups is 1. The van der Waals surface area contributed by atoms with Crippen LogP contribution < -0.4 is 5.32 Å². The summed E-state index contributed by atoms with van der Waals surface area (Å²) in [5, 5.41) is 2.89. The molecule has 3 fully saturated rings. The molecule has 3 aliphatic rings. The van der Waals surface area contributed by atoms with Crippen molar-refractivity contribution in [2.24, 2.45) is 5.41 Å². The number of amides is 3. The number of urea groups is 1. The molecule has 2 heterocycles. The number of hydrogen-bond donors (Lipinski definition) is 1. The van der Waals surface area contributed by atoms with Gasteiger partial charge in [0.1, 0.15) is 0 Å². The molecule has 0 radical (unpaired) electrons. The molecule has 2 saturated heterocycles. The number of fused-ring (bicyclic) bond motifs is 1. The minimum atomic E-state index is -0.552. The molecule has 3 rings (SSSR count). The average Bonchev–Trinajstić information content (AvgIpc) is 2.53. The standard InChI is InChI=1S/C11H16N2O3/c1-11-6-16-5-8(11)12-10(15)13(9(11)14)7-3-2-4-7/h7-8H,2-6H2,1H3,(H,12,15). The summed E-state index contributed by atoms with van der Waals surface area (Å²) in [6.07, 6.45) is 3.00. The molecule has 3 amide bonds. The van der Waals surface area contributed by atoms with Gasteiger partial charge in [-0.2, -0.15) is 0 Å². The molecule has 16 heavy (non-hydrogen) atoms. The summed E-state index contributed by atoms with van der Waals surface area (Å²) >= 11 is 0. The molecule has 5 heteroatoms. The lowest BCUT2D eigenvalue weighted by Gasteiger charge is -2.45. The molecule has 0 aromatic rings. The predicted molar refractivity (Wildman–Crippen MR) is 55.7 cm³/mol. The summed E-state index contributed by atoms with van der Waals surface area (Å²) in [4.78, 5) is 25.6. The first-order valence-electron chi connectivity index (χ1n) is 5.85. The molecular formula is C11H16N2O3. The van der Waals surface area contributed by atoms with E-state index in [9.17, 15) is 9.59 Å². The molecule has 2 atom stereocenters. The monoisotopic (exact) mass is 224 g/mol. The van der Waals surface area contributed by atoms with E-state index in [4.69, 9.17) is 4.74 Å². The average molecular weight is 224 g/mol. The lowest BCUT2D eigenvalue weighted by molar-refractivity contribution is -0.144. The molecule has 0 spiro atoms. The van der Waals surface area contributed by atoms with E-state index < -0.39 is 5.41 Å². The van der Waals surface area contributed by atoms with E-state index in [0.717, 1.165) is 19.3 Å². The first-order valence-corrected chi connectivity index (χ1v) is 5.85. The Morgan fingerprint density at radius 1 is 1.44 bits per heavy atom. The first-order chi connectivity index (χ1) is 7.63. The zero-order valence-electron chi connectivity index (χ0n) is 9.36. The molecule has 1 saturated carbocycles. The summed E-state index contributed by atoms with van der Waals surface area (Å²) in [7, 11) is 0. The maximum absolute atomic E-state index is 12.4. The van der Waals surface area contributed by atoms with Crippen LogP contribution in [0.1, 0.15) is 26.2 Å². The van der Waals surface area contributed by atoms with Crippen LogP contribution in [0.3, 0.4) is 0 Å². The molecule has 0 bridgehead atoms. The second kappa shape index (κ2) is 3.20. The zero-order valence-corrected chi connectivity index (χ0v) is 9.36. The van der Waals surface area contributed by atoms with Crippen LogP contribution in [0.25, 0.3) is 0 Å². The fourth-order valence-electron chi connectivity index (χ4n) is 2.65. The number of carbonyl (C=O) groups is 2. The SMILES string of the molecule is CC12COCC1NC(=O)N(C1CCC1)C2=O. The molecule has 0 aromatic carbocycles. The van der Waals surface area contributed by atoms with E-state index in [0.29, 0.717) is 13.2 Å². The number of hydrogen-bond acceptors (Lipinski definition) is 3. The lowest BCUT2D eigenvalue weighted by atomic mass is 9.80. The van der Waals surface area contributed by atoms with Crippen molar-refractivity contribution in [3.8, 4) is 0 Å². The van der Waals surface area contributed by atoms with Gasteiger partial charge >= 0.3 is 6.03 Å². The van der Waals surface area contributed by atoms with Crippen molar-refractivity contribution < 1.29 is 14.3 Å². The maximum atomic E-state index is 12.4. The number of nitrogens with one attached hydrogen (secondary N) is 1. The van der Waals surface area contributed by atoms with Crippen molar-refractivity contribution in [2.75, 3.05) is 13.2 Å². The number of rotatable bonds is 1. The highest BCUT2D eigenvalue weighted by molar-refractivity contribution is 6.01. The number of ether oxygens (including phenoxy) is 1. The highest BCUT2D eigenvalue weighted by Crippen LogP contribution is 2.37. The molecule has 1 N–H and O–H groups in total. The molecule has 0 aromatic heterocycles. The van der Waals surface area contributed by atoms with Crippen molar-refractivity contribution >= 4 is 11.9 Å². The summed E-state index contributed by atoms with van der Waals surface area (Å²) in [6, 6.07) is -0.266. The summed E-state index contributed by atoms with van der Waals surface area (Å²) in [5.74, 6) is -0.0524. The van der Waals surface area contributed by atoms with Crippen molar-refractivity contribution in [3.05, 3.63) is 0 Å². The third kappa shape index (κ3) is 1.15. The molecule has 2 unspecified atom stereocenters. The van der Waals surface area contributed by atoms with E-state index >= 15 is 0 Å². The zero-order chi connectivity index (χ0) is 11.3. The summed E-state index contributed by atoms with van der Waals surface area (Å²) in [6.45, 7) is 2.75. The Balaban J connectivity index is 1.90. The fourth-order valence-corrected chi connectivity index (χ4v) is 2.65. The van der Waals surface area contributed by atoms with Crippen molar-refractivity contribution in [2.45, 2.75) is 38.3 Å². The summed E-state index contributed by atoms with van der Waals surface area (Å²) in [5.41, 5.74) is -0.552. The minimum absolute atomic E-state index is 0.0524. The van der Waals surface area contributed by atoms with Crippen LogP contribution in [0.5, 0.6) is 0 Å². The Hall–Kier alpha value is -1.10. The van der Waals surface area contributed by atoms with Crippen molar-refractivity contribution in [1.82, 2.24) is 10.2 Å². The van der Waals surface area contributed by atoms with Crippen LogP contribution in [0, 0.1) is 5.41 Å². The summed E-state index contributed by atoms with van der Waals surface area (Å²) < 4.78 is 5.33. The number of nitrogens with zero attached hydrogens (tertiary/aromatic N) is 1. The Morgan fingerprint density at radius 2 is 2.19 bits per heavy atom. The van der Waals surface area contributed by atoms with Gasteiger partial charge in [-0.3, -0.25) is 9.69 Å². The van der Waals surface area contributed by atoms with Gasteiger partial charge in [-0.05, 0) is 26.2 Å². The van der Waals surface area contributed by atoms with Crippen LogP contribution in [-0.4, -0.2) is 42.1 Å². The Morgan fingerprint density at radius 3 is 2.81 bits per heavy atom. The van der Waals surface area contributed by atoms with E-state index in [2.05, 4.69) is 5.32 Å². The Labute approximate surface area is 94.1 Å². The van der Waals surface area contributed by atoms with E-state index in [1.165, 1.54) is 4.90 Å². The molecule has 88 valence electrons. The van der Waals surface area contributed by atoms with E-state index in [1.807, 2.05) is 6.92 Å². The normalized spacial score (nSPS) is 39.3. The van der Waals surface area contributed by atoms with Gasteiger partial charge in [-0.25, -0.2) is 4.79 Å². The minimum Gasteiger partial charge on any atom is -0.378 e. The van der Waals surface area contributed by atoms with Gasteiger partial charge in [0, 0.05) is 6.04 Å². The third-order valence-corrected chi connectivity index (χ3v) is 4.12. The maximum Gasteiger partial charge on any atom is 0.324 e. The van der Waals surface area contributed by atoms with Crippen LogP contribution in [0.4, 0.5) is 4.79 Å². The van der Waals surface area contributed by atoms with Gasteiger partial charge in [-0.15, -0.1) is 0 Å². The van der Waals surface area contributed by atoms with Gasteiger partial charge in [-0.1, -0.05) is 0 Å². The molecule has 5 nitrogen and oxygen atoms in total. The highest BCUT2D eigenvalue weighted by Gasteiger charge is 2.55. The second-order valence-corrected chi connectivity index (χ2v) is 5.19. The quantitative estimate of drug-likeness (QED) is 0.705. The Kier molecular flexibility index (Phi) is 2.01. The smallest absolute Gasteiger partial charge is 0.324 e. The van der Waals surface area contributed by atoms with Gasteiger partial charge < -0.3 is 10.1 Å². The molecule has 2 aliphatic heterocycles. The lowest BCUT2D eigenvalue weighted by Crippen LogP contribution is -2.67. The fraction of sp³-hybridized carbons (Fsp3) is 0.818. The molecular weight excluding hydrogens is 208 g/mol. The van der Waals surface area contributed by atoms with Crippen LogP contribution in [0.2, 0.25) is 0 Å². The highest BCUT2D eigenvalue weighted by atomic mass is 16.5. The van der Waals surface area contributed by atoms with Crippen molar-refractivity contribution in [3.63, 3.8) is 0 Å². The van der Waals surface area contributed by atoms with E-state index in [1.54, 1.807) is 0 Å². The molecule has 1 aliphatic carbocycles. The number of carbonyl (C=O) groups excluding carboxylic acids is 2. The topological polar surface area (TPSA) is 58.6 Å². The predicted octanol–water partition coefficient (Wildman–Crippen LogP) is 0.496. The largest absolute Gasteiger partial charge is 0.378 e. The van der Waals surface area contributed by atoms with Gasteiger partial charge in [0.2, 0.25) is 5.91 Å². The van der Waals surface area contributed by atoms with Crippen LogP contribution in [0.15, 0.2) is 0 Å². The van der Waals surface area contributed by atoms with Gasteiger partial charge in [0.25, 0.3) is 0 Å². The van der Waals surface area contributed by atoms with Crippen molar-refractivity contribution in [1.29, 1.82) is 0 Å². The van der Waals surface area contributed by atoms with Crippen LogP contribution in [-0.2, 0) is 9.53 Å². The first kappa shape index (κ1) is 10.1. The second-order valence-electron chi connectivity index (χ2n) is 5.19. The third-order valence-electron chi connectivity index (χ3n) is 4.12. The van der Waals surface area contributed by atoms with Gasteiger partial charge in [0.05, 0.1) is 24.7 Å². The van der Waals surface area contributed by atoms with Gasteiger partial charge in [0.15, 0.2) is 0 Å². The van der Waals surface area contributed by atoms with Crippen LogP contribution >= 0.6 is 0 Å². The van der Waals surface area contributed by atoms with E-state index in [-0.39, 0.29) is 24.0 Å².